The van der Waals surface area contributed by atoms with Crippen LogP contribution >= 0.6 is 11.3 Å². The maximum absolute atomic E-state index is 11.3. The predicted octanol–water partition coefficient (Wildman–Crippen LogP) is 3.74. The normalized spacial score (nSPS) is 10.6. The maximum Gasteiger partial charge on any atom is 0.308 e. The summed E-state index contributed by atoms with van der Waals surface area (Å²) in [6.07, 6.45) is 0.483. The number of thiazole rings is 1. The van der Waals surface area contributed by atoms with Gasteiger partial charge in [-0.15, -0.1) is 11.3 Å². The summed E-state index contributed by atoms with van der Waals surface area (Å²) < 4.78 is 11.5. The first-order valence-electron chi connectivity index (χ1n) is 7.35. The second-order valence-corrected chi connectivity index (χ2v) is 6.32. The minimum Gasteiger partial charge on any atom is -0.427 e. The number of esters is 2. The van der Waals surface area contributed by atoms with Gasteiger partial charge in [-0.25, -0.2) is 4.98 Å². The van der Waals surface area contributed by atoms with E-state index in [4.69, 9.17) is 9.47 Å². The van der Waals surface area contributed by atoms with E-state index in [0.29, 0.717) is 17.9 Å². The number of hydrogen-bond donors (Lipinski definition) is 0. The van der Waals surface area contributed by atoms with E-state index in [9.17, 15) is 9.59 Å². The molecule has 0 amide bonds. The fourth-order valence-electron chi connectivity index (χ4n) is 2.34. The molecular weight excluding hydrogens is 326 g/mol. The molecular formula is C18H15NO4S. The number of hydrogen-bond acceptors (Lipinski definition) is 6. The van der Waals surface area contributed by atoms with E-state index in [-0.39, 0.29) is 0 Å². The Morgan fingerprint density at radius 1 is 1.04 bits per heavy atom. The first-order valence-corrected chi connectivity index (χ1v) is 8.17. The van der Waals surface area contributed by atoms with Crippen LogP contribution in [0.15, 0.2) is 42.5 Å². The predicted molar refractivity (Wildman–Crippen MR) is 91.5 cm³/mol. The maximum atomic E-state index is 11.3. The van der Waals surface area contributed by atoms with E-state index < -0.39 is 11.9 Å². The zero-order chi connectivity index (χ0) is 17.1. The topological polar surface area (TPSA) is 65.5 Å². The molecule has 0 aliphatic heterocycles. The molecule has 0 unspecified atom stereocenters. The van der Waals surface area contributed by atoms with Gasteiger partial charge in [-0.2, -0.15) is 0 Å². The van der Waals surface area contributed by atoms with Gasteiger partial charge in [0.2, 0.25) is 0 Å². The fourth-order valence-corrected chi connectivity index (χ4v) is 3.33. The lowest BCUT2D eigenvalue weighted by molar-refractivity contribution is -0.133. The van der Waals surface area contributed by atoms with Gasteiger partial charge in [0.25, 0.3) is 0 Å². The van der Waals surface area contributed by atoms with E-state index in [1.54, 1.807) is 29.5 Å². The molecule has 6 heteroatoms. The van der Waals surface area contributed by atoms with E-state index in [2.05, 4.69) is 4.98 Å². The van der Waals surface area contributed by atoms with Gasteiger partial charge in [-0.1, -0.05) is 12.1 Å². The van der Waals surface area contributed by atoms with Gasteiger partial charge in [0.1, 0.15) is 11.5 Å². The van der Waals surface area contributed by atoms with Gasteiger partial charge in [0.05, 0.1) is 15.2 Å². The number of para-hydroxylation sites is 1. The van der Waals surface area contributed by atoms with E-state index in [0.717, 1.165) is 20.8 Å². The van der Waals surface area contributed by atoms with Crippen molar-refractivity contribution in [1.29, 1.82) is 0 Å². The van der Waals surface area contributed by atoms with Crippen molar-refractivity contribution in [2.45, 2.75) is 20.3 Å². The second kappa shape index (κ2) is 6.80. The van der Waals surface area contributed by atoms with E-state index in [1.165, 1.54) is 13.8 Å². The lowest BCUT2D eigenvalue weighted by atomic mass is 10.1. The van der Waals surface area contributed by atoms with Crippen LogP contribution in [0.5, 0.6) is 11.5 Å². The third-order valence-electron chi connectivity index (χ3n) is 3.23. The molecule has 5 nitrogen and oxygen atoms in total. The average Bonchev–Trinajstić information content (AvgIpc) is 2.91. The number of fused-ring (bicyclic) bond motifs is 1. The summed E-state index contributed by atoms with van der Waals surface area (Å²) >= 11 is 1.58. The SMILES string of the molecule is CC(=O)Oc1ccc(OC(C)=O)c(Cc2nc3ccccc3s2)c1. The summed E-state index contributed by atoms with van der Waals surface area (Å²) in [5.74, 6) is 0.0501. The molecule has 0 fully saturated rings. The Kier molecular flexibility index (Phi) is 4.57. The van der Waals surface area contributed by atoms with Gasteiger partial charge in [0, 0.05) is 25.8 Å². The van der Waals surface area contributed by atoms with Crippen LogP contribution in [0, 0.1) is 0 Å². The second-order valence-electron chi connectivity index (χ2n) is 5.21. The Hall–Kier alpha value is -2.73. The molecule has 0 aliphatic carbocycles. The van der Waals surface area contributed by atoms with Crippen LogP contribution < -0.4 is 9.47 Å². The molecule has 0 bridgehead atoms. The largest absolute Gasteiger partial charge is 0.427 e. The Balaban J connectivity index is 1.95. The molecule has 122 valence electrons. The van der Waals surface area contributed by atoms with Gasteiger partial charge in [-0.3, -0.25) is 9.59 Å². The zero-order valence-corrected chi connectivity index (χ0v) is 14.1. The van der Waals surface area contributed by atoms with Crippen molar-refractivity contribution >= 4 is 33.5 Å². The van der Waals surface area contributed by atoms with Gasteiger partial charge in [-0.05, 0) is 30.3 Å². The summed E-state index contributed by atoms with van der Waals surface area (Å²) in [7, 11) is 0. The first kappa shape index (κ1) is 16.1. The number of aromatic nitrogens is 1. The fraction of sp³-hybridized carbons (Fsp3) is 0.167. The quantitative estimate of drug-likeness (QED) is 0.534. The third kappa shape index (κ3) is 3.78. The Labute approximate surface area is 142 Å². The third-order valence-corrected chi connectivity index (χ3v) is 4.26. The molecule has 2 aromatic carbocycles. The standard InChI is InChI=1S/C18H15NO4S/c1-11(20)22-14-7-8-16(23-12(2)21)13(9-14)10-18-19-15-5-3-4-6-17(15)24-18/h3-9H,10H2,1-2H3. The monoisotopic (exact) mass is 341 g/mol. The molecule has 0 N–H and O–H groups in total. The zero-order valence-electron chi connectivity index (χ0n) is 13.2. The average molecular weight is 341 g/mol. The molecule has 1 heterocycles. The summed E-state index contributed by atoms with van der Waals surface area (Å²) in [5.41, 5.74) is 1.67. The van der Waals surface area contributed by atoms with Crippen molar-refractivity contribution < 1.29 is 19.1 Å². The highest BCUT2D eigenvalue weighted by atomic mass is 32.1. The molecule has 0 radical (unpaired) electrons. The molecule has 24 heavy (non-hydrogen) atoms. The van der Waals surface area contributed by atoms with Crippen LogP contribution in [0.4, 0.5) is 0 Å². The molecule has 1 aromatic heterocycles. The Bertz CT molecular complexity index is 883. The number of carbonyl (C=O) groups is 2. The van der Waals surface area contributed by atoms with Crippen LogP contribution in [0.2, 0.25) is 0 Å². The van der Waals surface area contributed by atoms with Crippen LogP contribution in [-0.4, -0.2) is 16.9 Å². The highest BCUT2D eigenvalue weighted by molar-refractivity contribution is 7.18. The number of ether oxygens (including phenoxy) is 2. The lowest BCUT2D eigenvalue weighted by Gasteiger charge is -2.10. The Morgan fingerprint density at radius 3 is 2.50 bits per heavy atom. The number of carbonyl (C=O) groups excluding carboxylic acids is 2. The van der Waals surface area contributed by atoms with Crippen molar-refractivity contribution in [3.63, 3.8) is 0 Å². The van der Waals surface area contributed by atoms with Gasteiger partial charge >= 0.3 is 11.9 Å². The summed E-state index contributed by atoms with van der Waals surface area (Å²) in [5, 5.41) is 0.893. The Morgan fingerprint density at radius 2 is 1.79 bits per heavy atom. The highest BCUT2D eigenvalue weighted by Gasteiger charge is 2.13. The first-order chi connectivity index (χ1) is 11.5. The van der Waals surface area contributed by atoms with Crippen molar-refractivity contribution in [2.24, 2.45) is 0 Å². The molecule has 3 rings (SSSR count). The minimum absolute atomic E-state index is 0.402. The number of benzene rings is 2. The lowest BCUT2D eigenvalue weighted by Crippen LogP contribution is -2.06. The van der Waals surface area contributed by atoms with Crippen molar-refractivity contribution in [1.82, 2.24) is 4.98 Å². The van der Waals surface area contributed by atoms with E-state index >= 15 is 0 Å². The number of rotatable bonds is 4. The minimum atomic E-state index is -0.402. The molecule has 0 saturated carbocycles. The smallest absolute Gasteiger partial charge is 0.308 e. The summed E-state index contributed by atoms with van der Waals surface area (Å²) in [6, 6.07) is 12.8. The van der Waals surface area contributed by atoms with E-state index in [1.807, 2.05) is 24.3 Å². The van der Waals surface area contributed by atoms with Crippen LogP contribution in [-0.2, 0) is 16.0 Å². The van der Waals surface area contributed by atoms with Crippen LogP contribution in [0.1, 0.15) is 24.4 Å². The number of nitrogens with zero attached hydrogens (tertiary/aromatic N) is 1. The van der Waals surface area contributed by atoms with Crippen molar-refractivity contribution in [3.8, 4) is 11.5 Å². The highest BCUT2D eigenvalue weighted by Crippen LogP contribution is 2.30. The molecule has 0 atom stereocenters. The van der Waals surface area contributed by atoms with Crippen molar-refractivity contribution in [3.05, 3.63) is 53.0 Å². The summed E-state index contributed by atoms with van der Waals surface area (Å²) in [4.78, 5) is 27.0. The molecule has 0 spiro atoms. The molecule has 0 aliphatic rings. The van der Waals surface area contributed by atoms with Gasteiger partial charge in [0.15, 0.2) is 0 Å². The van der Waals surface area contributed by atoms with Crippen LogP contribution in [0.25, 0.3) is 10.2 Å². The molecule has 3 aromatic rings. The van der Waals surface area contributed by atoms with Crippen LogP contribution in [0.3, 0.4) is 0 Å². The van der Waals surface area contributed by atoms with Crippen molar-refractivity contribution in [2.75, 3.05) is 0 Å². The summed E-state index contributed by atoms with van der Waals surface area (Å²) in [6.45, 7) is 2.69. The molecule has 0 saturated heterocycles. The van der Waals surface area contributed by atoms with Gasteiger partial charge < -0.3 is 9.47 Å².